The lowest BCUT2D eigenvalue weighted by Crippen LogP contribution is -2.30. The summed E-state index contributed by atoms with van der Waals surface area (Å²) < 4.78 is 25.7. The molecule has 3 N–H and O–H groups in total. The van der Waals surface area contributed by atoms with Crippen LogP contribution in [0.2, 0.25) is 0 Å². The largest absolute Gasteiger partial charge is 0.394 e. The summed E-state index contributed by atoms with van der Waals surface area (Å²) in [5.41, 5.74) is 0.424. The molecular weight excluding hydrogens is 216 g/mol. The van der Waals surface area contributed by atoms with Crippen LogP contribution in [-0.4, -0.2) is 36.0 Å². The Labute approximate surface area is 92.7 Å². The third-order valence-electron chi connectivity index (χ3n) is 2.18. The number of benzene rings is 1. The Bertz CT molecular complexity index is 334. The SMILES string of the molecule is OCC(O)CNCCc1ccc(F)cc1F. The van der Waals surface area contributed by atoms with Crippen molar-refractivity contribution in [3.05, 3.63) is 35.4 Å². The van der Waals surface area contributed by atoms with Crippen LogP contribution in [0.3, 0.4) is 0 Å². The average molecular weight is 231 g/mol. The first-order valence-electron chi connectivity index (χ1n) is 5.07. The van der Waals surface area contributed by atoms with Gasteiger partial charge in [-0.1, -0.05) is 6.07 Å². The Balaban J connectivity index is 2.32. The van der Waals surface area contributed by atoms with Crippen molar-refractivity contribution >= 4 is 0 Å². The van der Waals surface area contributed by atoms with Gasteiger partial charge < -0.3 is 15.5 Å². The highest BCUT2D eigenvalue weighted by molar-refractivity contribution is 5.18. The fourth-order valence-corrected chi connectivity index (χ4v) is 1.28. The predicted molar refractivity (Wildman–Crippen MR) is 56.0 cm³/mol. The van der Waals surface area contributed by atoms with Crippen molar-refractivity contribution in [2.75, 3.05) is 19.7 Å². The molecule has 0 aromatic heterocycles. The molecular formula is C11H15F2NO2. The van der Waals surface area contributed by atoms with Crippen LogP contribution in [0.5, 0.6) is 0 Å². The van der Waals surface area contributed by atoms with Crippen LogP contribution in [0.25, 0.3) is 0 Å². The van der Waals surface area contributed by atoms with Gasteiger partial charge in [-0.15, -0.1) is 0 Å². The minimum atomic E-state index is -0.807. The Hall–Kier alpha value is -1.04. The first-order valence-corrected chi connectivity index (χ1v) is 5.07. The van der Waals surface area contributed by atoms with E-state index >= 15 is 0 Å². The molecule has 5 heteroatoms. The summed E-state index contributed by atoms with van der Waals surface area (Å²) in [5.74, 6) is -1.16. The molecule has 0 aliphatic heterocycles. The Kier molecular flexibility index (Phi) is 5.31. The Morgan fingerprint density at radius 2 is 2.06 bits per heavy atom. The molecule has 90 valence electrons. The van der Waals surface area contributed by atoms with Gasteiger partial charge in [0.25, 0.3) is 0 Å². The van der Waals surface area contributed by atoms with Gasteiger partial charge in [-0.2, -0.15) is 0 Å². The molecule has 0 aliphatic carbocycles. The number of hydrogen-bond acceptors (Lipinski definition) is 3. The summed E-state index contributed by atoms with van der Waals surface area (Å²) in [4.78, 5) is 0. The highest BCUT2D eigenvalue weighted by Crippen LogP contribution is 2.09. The van der Waals surface area contributed by atoms with Crippen LogP contribution in [0.4, 0.5) is 8.78 Å². The van der Waals surface area contributed by atoms with Gasteiger partial charge in [-0.05, 0) is 24.6 Å². The molecule has 16 heavy (non-hydrogen) atoms. The molecule has 3 nitrogen and oxygen atoms in total. The zero-order chi connectivity index (χ0) is 12.0. The molecule has 0 aliphatic rings. The summed E-state index contributed by atoms with van der Waals surface area (Å²) in [6.07, 6.45) is -0.400. The summed E-state index contributed by atoms with van der Waals surface area (Å²) in [5, 5.41) is 20.4. The molecule has 0 heterocycles. The van der Waals surface area contributed by atoms with Crippen LogP contribution in [0, 0.1) is 11.6 Å². The van der Waals surface area contributed by atoms with Gasteiger partial charge in [-0.3, -0.25) is 0 Å². The molecule has 0 saturated carbocycles. The van der Waals surface area contributed by atoms with E-state index in [9.17, 15) is 8.78 Å². The van der Waals surface area contributed by atoms with E-state index in [0.717, 1.165) is 6.07 Å². The third kappa shape index (κ3) is 4.22. The number of rotatable bonds is 6. The van der Waals surface area contributed by atoms with E-state index in [4.69, 9.17) is 10.2 Å². The maximum Gasteiger partial charge on any atom is 0.129 e. The van der Waals surface area contributed by atoms with Crippen molar-refractivity contribution in [1.82, 2.24) is 5.32 Å². The molecule has 0 bridgehead atoms. The van der Waals surface area contributed by atoms with Gasteiger partial charge >= 0.3 is 0 Å². The van der Waals surface area contributed by atoms with Crippen molar-refractivity contribution in [3.63, 3.8) is 0 Å². The van der Waals surface area contributed by atoms with Crippen molar-refractivity contribution in [2.45, 2.75) is 12.5 Å². The van der Waals surface area contributed by atoms with Gasteiger partial charge in [0.1, 0.15) is 11.6 Å². The lowest BCUT2D eigenvalue weighted by molar-refractivity contribution is 0.0947. The Morgan fingerprint density at radius 3 is 2.69 bits per heavy atom. The first kappa shape index (κ1) is 13.0. The fourth-order valence-electron chi connectivity index (χ4n) is 1.28. The van der Waals surface area contributed by atoms with E-state index < -0.39 is 17.7 Å². The van der Waals surface area contributed by atoms with Crippen LogP contribution >= 0.6 is 0 Å². The number of halogens is 2. The van der Waals surface area contributed by atoms with Gasteiger partial charge in [0.15, 0.2) is 0 Å². The molecule has 1 aromatic carbocycles. The predicted octanol–water partition coefficient (Wildman–Crippen LogP) is 0.450. The second-order valence-corrected chi connectivity index (χ2v) is 3.53. The van der Waals surface area contributed by atoms with E-state index in [1.54, 1.807) is 0 Å². The molecule has 0 saturated heterocycles. The summed E-state index contributed by atoms with van der Waals surface area (Å²) in [7, 11) is 0. The van der Waals surface area contributed by atoms with Crippen molar-refractivity contribution in [3.8, 4) is 0 Å². The van der Waals surface area contributed by atoms with Crippen LogP contribution < -0.4 is 5.32 Å². The number of hydrogen-bond donors (Lipinski definition) is 3. The highest BCUT2D eigenvalue weighted by atomic mass is 19.1. The standard InChI is InChI=1S/C11H15F2NO2/c12-9-2-1-8(11(13)5-9)3-4-14-6-10(16)7-15/h1-2,5,10,14-16H,3-4,6-7H2. The third-order valence-corrected chi connectivity index (χ3v) is 2.18. The molecule has 0 fully saturated rings. The fraction of sp³-hybridized carbons (Fsp3) is 0.455. The van der Waals surface area contributed by atoms with Gasteiger partial charge in [0, 0.05) is 12.6 Å². The quantitative estimate of drug-likeness (QED) is 0.623. The minimum absolute atomic E-state index is 0.249. The van der Waals surface area contributed by atoms with Gasteiger partial charge in [-0.25, -0.2) is 8.78 Å². The number of aliphatic hydroxyl groups is 2. The lowest BCUT2D eigenvalue weighted by Gasteiger charge is -2.09. The summed E-state index contributed by atoms with van der Waals surface area (Å²) in [6.45, 7) is 0.400. The molecule has 1 aromatic rings. The van der Waals surface area contributed by atoms with Crippen LogP contribution in [0.1, 0.15) is 5.56 Å². The van der Waals surface area contributed by atoms with Crippen molar-refractivity contribution < 1.29 is 19.0 Å². The maximum atomic E-state index is 13.1. The zero-order valence-electron chi connectivity index (χ0n) is 8.79. The molecule has 0 spiro atoms. The zero-order valence-corrected chi connectivity index (χ0v) is 8.79. The van der Waals surface area contributed by atoms with E-state index in [1.165, 1.54) is 12.1 Å². The normalized spacial score (nSPS) is 12.8. The number of nitrogens with one attached hydrogen (secondary N) is 1. The lowest BCUT2D eigenvalue weighted by atomic mass is 10.1. The molecule has 0 radical (unpaired) electrons. The smallest absolute Gasteiger partial charge is 0.129 e. The average Bonchev–Trinajstić information content (AvgIpc) is 2.26. The topological polar surface area (TPSA) is 52.5 Å². The monoisotopic (exact) mass is 231 g/mol. The van der Waals surface area contributed by atoms with E-state index in [-0.39, 0.29) is 13.2 Å². The number of aliphatic hydroxyl groups excluding tert-OH is 2. The van der Waals surface area contributed by atoms with E-state index in [1.807, 2.05) is 0 Å². The maximum absolute atomic E-state index is 13.1. The molecule has 1 unspecified atom stereocenters. The van der Waals surface area contributed by atoms with Crippen molar-refractivity contribution in [1.29, 1.82) is 0 Å². The van der Waals surface area contributed by atoms with Crippen LogP contribution in [-0.2, 0) is 6.42 Å². The second-order valence-electron chi connectivity index (χ2n) is 3.53. The highest BCUT2D eigenvalue weighted by Gasteiger charge is 2.04. The van der Waals surface area contributed by atoms with Gasteiger partial charge in [0.05, 0.1) is 12.7 Å². The minimum Gasteiger partial charge on any atom is -0.394 e. The van der Waals surface area contributed by atoms with Crippen molar-refractivity contribution in [2.24, 2.45) is 0 Å². The summed E-state index contributed by atoms with van der Waals surface area (Å²) in [6, 6.07) is 3.45. The van der Waals surface area contributed by atoms with E-state index in [0.29, 0.717) is 18.5 Å². The van der Waals surface area contributed by atoms with E-state index in [2.05, 4.69) is 5.32 Å². The molecule has 1 rings (SSSR count). The van der Waals surface area contributed by atoms with Gasteiger partial charge in [0.2, 0.25) is 0 Å². The second kappa shape index (κ2) is 6.52. The molecule has 1 atom stereocenters. The first-order chi connectivity index (χ1) is 7.63. The summed E-state index contributed by atoms with van der Waals surface area (Å²) >= 11 is 0. The molecule has 0 amide bonds. The Morgan fingerprint density at radius 1 is 1.31 bits per heavy atom. The van der Waals surface area contributed by atoms with Crippen LogP contribution in [0.15, 0.2) is 18.2 Å².